The quantitative estimate of drug-likeness (QED) is 0.609. The molecule has 0 aromatic rings. The fourth-order valence-corrected chi connectivity index (χ4v) is 2.48. The van der Waals surface area contributed by atoms with E-state index in [4.69, 9.17) is 9.47 Å². The van der Waals surface area contributed by atoms with Gasteiger partial charge in [-0.25, -0.2) is 0 Å². The van der Waals surface area contributed by atoms with Crippen molar-refractivity contribution in [2.24, 2.45) is 5.92 Å². The van der Waals surface area contributed by atoms with Crippen LogP contribution < -0.4 is 0 Å². The maximum Gasteiger partial charge on any atom is 0.163 e. The van der Waals surface area contributed by atoms with Crippen LogP contribution in [0.2, 0.25) is 0 Å². The number of ether oxygens (including phenoxy) is 2. The third-order valence-electron chi connectivity index (χ3n) is 2.58. The fraction of sp³-hybridized carbons (Fsp3) is 0.800. The summed E-state index contributed by atoms with van der Waals surface area (Å²) in [6.45, 7) is 3.94. The summed E-state index contributed by atoms with van der Waals surface area (Å²) in [7, 11) is 0. The highest BCUT2D eigenvalue weighted by Crippen LogP contribution is 2.40. The minimum Gasteiger partial charge on any atom is -0.345 e. The van der Waals surface area contributed by atoms with E-state index < -0.39 is 0 Å². The summed E-state index contributed by atoms with van der Waals surface area (Å²) in [4.78, 5) is 2.77. The van der Waals surface area contributed by atoms with Gasteiger partial charge in [0, 0.05) is 21.8 Å². The molecule has 1 saturated heterocycles. The van der Waals surface area contributed by atoms with Gasteiger partial charge in [0.15, 0.2) is 5.79 Å². The maximum atomic E-state index is 5.74. The van der Waals surface area contributed by atoms with E-state index in [9.17, 15) is 0 Å². The first-order valence-corrected chi connectivity index (χ1v) is 5.37. The van der Waals surface area contributed by atoms with Gasteiger partial charge in [-0.3, -0.25) is 0 Å². The Bertz CT molecular complexity index is 248. The normalized spacial score (nSPS) is 41.0. The minimum atomic E-state index is -0.387. The summed E-state index contributed by atoms with van der Waals surface area (Å²) in [5, 5.41) is 0. The lowest BCUT2D eigenvalue weighted by Gasteiger charge is -2.18. The van der Waals surface area contributed by atoms with Gasteiger partial charge >= 0.3 is 0 Å². The van der Waals surface area contributed by atoms with Crippen molar-refractivity contribution in [3.05, 3.63) is 0 Å². The van der Waals surface area contributed by atoms with Crippen LogP contribution in [0.3, 0.4) is 0 Å². The molecule has 0 bridgehead atoms. The number of halogens is 1. The van der Waals surface area contributed by atoms with E-state index in [1.165, 1.54) is 0 Å². The van der Waals surface area contributed by atoms with E-state index in [0.717, 1.165) is 12.8 Å². The molecule has 0 amide bonds. The standard InChI is InChI=1S/C10H13BrO2/c1-10(2)12-8-5-7(3-4-11)6-9(8)13-10/h7-9H,5-6H2,1-2H3/t7?,8-,9?/m0/s1. The predicted octanol–water partition coefficient (Wildman–Crippen LogP) is 2.27. The summed E-state index contributed by atoms with van der Waals surface area (Å²) in [6, 6.07) is 0. The maximum absolute atomic E-state index is 5.74. The molecule has 3 atom stereocenters. The van der Waals surface area contributed by atoms with Gasteiger partial charge in [0.25, 0.3) is 0 Å². The van der Waals surface area contributed by atoms with Crippen LogP contribution in [0, 0.1) is 16.7 Å². The number of hydrogen-bond donors (Lipinski definition) is 0. The molecule has 1 heterocycles. The fourth-order valence-electron chi connectivity index (χ4n) is 2.16. The van der Waals surface area contributed by atoms with Crippen LogP contribution in [0.1, 0.15) is 26.7 Å². The third-order valence-corrected chi connectivity index (χ3v) is 2.81. The van der Waals surface area contributed by atoms with Crippen molar-refractivity contribution in [3.8, 4) is 10.8 Å². The van der Waals surface area contributed by atoms with E-state index in [0.29, 0.717) is 5.92 Å². The van der Waals surface area contributed by atoms with Gasteiger partial charge in [-0.2, -0.15) is 0 Å². The van der Waals surface area contributed by atoms with Crippen molar-refractivity contribution >= 4 is 15.9 Å². The van der Waals surface area contributed by atoms with Crippen molar-refractivity contribution in [1.82, 2.24) is 0 Å². The third kappa shape index (κ3) is 1.90. The Kier molecular flexibility index (Phi) is 2.39. The molecular formula is C10H13BrO2. The minimum absolute atomic E-state index is 0.258. The van der Waals surface area contributed by atoms with E-state index >= 15 is 0 Å². The lowest BCUT2D eigenvalue weighted by atomic mass is 10.1. The van der Waals surface area contributed by atoms with Crippen LogP contribution in [0.15, 0.2) is 0 Å². The Hall–Kier alpha value is -0.0400. The van der Waals surface area contributed by atoms with Crippen LogP contribution in [-0.4, -0.2) is 18.0 Å². The summed E-state index contributed by atoms with van der Waals surface area (Å²) in [6.07, 6.45) is 2.53. The molecule has 1 aliphatic carbocycles. The average Bonchev–Trinajstić information content (AvgIpc) is 2.41. The molecule has 72 valence electrons. The molecule has 2 aliphatic rings. The lowest BCUT2D eigenvalue weighted by Crippen LogP contribution is -2.22. The van der Waals surface area contributed by atoms with Crippen LogP contribution in [0.25, 0.3) is 0 Å². The van der Waals surface area contributed by atoms with E-state index in [1.54, 1.807) is 0 Å². The Morgan fingerprint density at radius 2 is 1.77 bits per heavy atom. The van der Waals surface area contributed by atoms with Gasteiger partial charge in [-0.1, -0.05) is 5.92 Å². The SMILES string of the molecule is CC1(C)OC2CC(C#CBr)C[C@@H]2O1. The van der Waals surface area contributed by atoms with Crippen molar-refractivity contribution in [1.29, 1.82) is 0 Å². The molecule has 0 N–H and O–H groups in total. The Morgan fingerprint density at radius 1 is 1.23 bits per heavy atom. The molecule has 0 aromatic carbocycles. The summed E-state index contributed by atoms with van der Waals surface area (Å²) in [5.41, 5.74) is 0. The molecule has 0 radical (unpaired) electrons. The van der Waals surface area contributed by atoms with Crippen LogP contribution in [0.5, 0.6) is 0 Å². The Morgan fingerprint density at radius 3 is 2.23 bits per heavy atom. The monoisotopic (exact) mass is 244 g/mol. The van der Waals surface area contributed by atoms with Crippen molar-refractivity contribution < 1.29 is 9.47 Å². The van der Waals surface area contributed by atoms with Gasteiger partial charge in [-0.15, -0.1) is 0 Å². The van der Waals surface area contributed by atoms with E-state index in [-0.39, 0.29) is 18.0 Å². The molecule has 2 unspecified atom stereocenters. The van der Waals surface area contributed by atoms with Crippen LogP contribution in [0.4, 0.5) is 0 Å². The topological polar surface area (TPSA) is 18.5 Å². The number of hydrogen-bond acceptors (Lipinski definition) is 2. The second kappa shape index (κ2) is 3.27. The van der Waals surface area contributed by atoms with Crippen molar-refractivity contribution in [2.45, 2.75) is 44.7 Å². The lowest BCUT2D eigenvalue weighted by molar-refractivity contribution is -0.152. The van der Waals surface area contributed by atoms with Gasteiger partial charge in [0.1, 0.15) is 0 Å². The first-order valence-electron chi connectivity index (χ1n) is 4.57. The highest BCUT2D eigenvalue weighted by molar-refractivity contribution is 9.12. The summed E-state index contributed by atoms with van der Waals surface area (Å²) < 4.78 is 11.5. The molecule has 1 saturated carbocycles. The van der Waals surface area contributed by atoms with E-state index in [2.05, 4.69) is 26.7 Å². The summed E-state index contributed by atoms with van der Waals surface area (Å²) in [5.74, 6) is 3.16. The molecule has 2 rings (SSSR count). The molecule has 0 aromatic heterocycles. The smallest absolute Gasteiger partial charge is 0.163 e. The highest BCUT2D eigenvalue weighted by Gasteiger charge is 2.46. The zero-order valence-corrected chi connectivity index (χ0v) is 9.43. The van der Waals surface area contributed by atoms with Crippen molar-refractivity contribution in [3.63, 3.8) is 0 Å². The van der Waals surface area contributed by atoms with Gasteiger partial charge in [0.2, 0.25) is 0 Å². The molecule has 0 spiro atoms. The molecule has 1 aliphatic heterocycles. The van der Waals surface area contributed by atoms with Crippen LogP contribution >= 0.6 is 15.9 Å². The first-order chi connectivity index (χ1) is 6.11. The Balaban J connectivity index is 1.99. The van der Waals surface area contributed by atoms with Crippen LogP contribution in [-0.2, 0) is 9.47 Å². The Labute approximate surface area is 87.1 Å². The van der Waals surface area contributed by atoms with Gasteiger partial charge in [-0.05, 0) is 31.5 Å². The molecular weight excluding hydrogens is 232 g/mol. The number of fused-ring (bicyclic) bond motifs is 1. The van der Waals surface area contributed by atoms with Gasteiger partial charge < -0.3 is 9.47 Å². The van der Waals surface area contributed by atoms with Gasteiger partial charge in [0.05, 0.1) is 12.2 Å². The molecule has 3 heteroatoms. The zero-order chi connectivity index (χ0) is 9.47. The second-order valence-electron chi connectivity index (χ2n) is 4.12. The number of rotatable bonds is 0. The predicted molar refractivity (Wildman–Crippen MR) is 53.3 cm³/mol. The molecule has 2 fully saturated rings. The zero-order valence-electron chi connectivity index (χ0n) is 7.84. The highest BCUT2D eigenvalue weighted by atomic mass is 79.9. The average molecular weight is 245 g/mol. The largest absolute Gasteiger partial charge is 0.345 e. The first kappa shape index (κ1) is 9.51. The summed E-state index contributed by atoms with van der Waals surface area (Å²) >= 11 is 3.12. The second-order valence-corrected chi connectivity index (χ2v) is 4.52. The van der Waals surface area contributed by atoms with Crippen molar-refractivity contribution in [2.75, 3.05) is 0 Å². The molecule has 2 nitrogen and oxygen atoms in total. The molecule has 13 heavy (non-hydrogen) atoms. The van der Waals surface area contributed by atoms with E-state index in [1.807, 2.05) is 13.8 Å².